The van der Waals surface area contributed by atoms with Gasteiger partial charge in [-0.15, -0.1) is 0 Å². The third kappa shape index (κ3) is 6.23. The highest BCUT2D eigenvalue weighted by atomic mass is 16.5. The van der Waals surface area contributed by atoms with Crippen LogP contribution in [0.5, 0.6) is 0 Å². The van der Waals surface area contributed by atoms with E-state index in [1.807, 2.05) is 0 Å². The lowest BCUT2D eigenvalue weighted by atomic mass is 10.1. The lowest BCUT2D eigenvalue weighted by Crippen LogP contribution is -2.43. The lowest BCUT2D eigenvalue weighted by Gasteiger charge is -2.23. The fraction of sp³-hybridized carbons (Fsp3) is 0.818. The van der Waals surface area contributed by atoms with Crippen LogP contribution in [0.3, 0.4) is 0 Å². The molecule has 1 heterocycles. The van der Waals surface area contributed by atoms with Gasteiger partial charge in [0.1, 0.15) is 0 Å². The van der Waals surface area contributed by atoms with Gasteiger partial charge in [0.25, 0.3) is 0 Å². The third-order valence-electron chi connectivity index (χ3n) is 2.68. The maximum atomic E-state index is 11.5. The smallest absolute Gasteiger partial charge is 0.234 e. The molecule has 1 rings (SSSR count). The summed E-state index contributed by atoms with van der Waals surface area (Å²) >= 11 is 0. The van der Waals surface area contributed by atoms with Crippen LogP contribution in [0.4, 0.5) is 0 Å². The normalized spacial score (nSPS) is 16.5. The van der Waals surface area contributed by atoms with Crippen LogP contribution in [0.15, 0.2) is 0 Å². The van der Waals surface area contributed by atoms with Crippen LogP contribution in [-0.2, 0) is 14.3 Å². The van der Waals surface area contributed by atoms with Crippen molar-refractivity contribution < 1.29 is 14.3 Å². The van der Waals surface area contributed by atoms with E-state index in [4.69, 9.17) is 4.74 Å². The Bertz CT molecular complexity index is 252. The number of rotatable bonds is 6. The molecule has 17 heavy (non-hydrogen) atoms. The van der Waals surface area contributed by atoms with Crippen molar-refractivity contribution in [3.05, 3.63) is 0 Å². The molecule has 1 fully saturated rings. The molecule has 2 amide bonds. The topological polar surface area (TPSA) is 79.5 Å². The minimum absolute atomic E-state index is 0.0196. The molecule has 0 radical (unpaired) electrons. The van der Waals surface area contributed by atoms with Crippen LogP contribution in [0, 0.1) is 0 Å². The molecule has 0 atom stereocenters. The minimum Gasteiger partial charge on any atom is -0.381 e. The predicted molar refractivity (Wildman–Crippen MR) is 63.5 cm³/mol. The highest BCUT2D eigenvalue weighted by molar-refractivity contribution is 5.78. The quantitative estimate of drug-likeness (QED) is 0.523. The van der Waals surface area contributed by atoms with Crippen molar-refractivity contribution in [2.24, 2.45) is 0 Å². The van der Waals surface area contributed by atoms with Crippen LogP contribution >= 0.6 is 0 Å². The van der Waals surface area contributed by atoms with E-state index in [0.29, 0.717) is 13.0 Å². The van der Waals surface area contributed by atoms with Gasteiger partial charge < -0.3 is 20.7 Å². The first-order valence-electron chi connectivity index (χ1n) is 6.00. The molecule has 0 aromatic carbocycles. The number of nitrogens with one attached hydrogen (secondary N) is 3. The van der Waals surface area contributed by atoms with Crippen LogP contribution in [-0.4, -0.2) is 51.2 Å². The fourth-order valence-electron chi connectivity index (χ4n) is 1.65. The first kappa shape index (κ1) is 13.9. The molecule has 6 heteroatoms. The number of carbonyl (C=O) groups excluding carboxylic acids is 2. The summed E-state index contributed by atoms with van der Waals surface area (Å²) in [5.74, 6) is -0.0452. The zero-order valence-electron chi connectivity index (χ0n) is 10.3. The lowest BCUT2D eigenvalue weighted by molar-refractivity contribution is -0.122. The van der Waals surface area contributed by atoms with Crippen LogP contribution in [0.2, 0.25) is 0 Å². The molecule has 0 aromatic rings. The van der Waals surface area contributed by atoms with E-state index in [-0.39, 0.29) is 24.4 Å². The van der Waals surface area contributed by atoms with Crippen LogP contribution in [0.1, 0.15) is 19.3 Å². The maximum absolute atomic E-state index is 11.5. The molecule has 0 spiro atoms. The molecule has 1 aliphatic heterocycles. The molecular weight excluding hydrogens is 222 g/mol. The van der Waals surface area contributed by atoms with Gasteiger partial charge in [0.2, 0.25) is 11.8 Å². The number of carbonyl (C=O) groups is 2. The molecule has 0 aliphatic carbocycles. The van der Waals surface area contributed by atoms with E-state index in [0.717, 1.165) is 26.1 Å². The second-order valence-electron chi connectivity index (χ2n) is 4.05. The summed E-state index contributed by atoms with van der Waals surface area (Å²) in [6.45, 7) is 2.21. The number of hydrogen-bond acceptors (Lipinski definition) is 4. The largest absolute Gasteiger partial charge is 0.381 e. The zero-order valence-corrected chi connectivity index (χ0v) is 10.3. The third-order valence-corrected chi connectivity index (χ3v) is 2.68. The van der Waals surface area contributed by atoms with E-state index < -0.39 is 0 Å². The Hall–Kier alpha value is -1.14. The van der Waals surface area contributed by atoms with Gasteiger partial charge in [0, 0.05) is 39.3 Å². The summed E-state index contributed by atoms with van der Waals surface area (Å²) in [7, 11) is 1.60. The van der Waals surface area contributed by atoms with Crippen LogP contribution < -0.4 is 16.0 Å². The van der Waals surface area contributed by atoms with E-state index in [1.165, 1.54) is 0 Å². The first-order chi connectivity index (χ1) is 8.22. The number of hydrogen-bond donors (Lipinski definition) is 3. The Morgan fingerprint density at radius 1 is 1.24 bits per heavy atom. The van der Waals surface area contributed by atoms with Gasteiger partial charge in [0.15, 0.2) is 0 Å². The molecule has 0 aromatic heterocycles. The first-order valence-corrected chi connectivity index (χ1v) is 6.00. The van der Waals surface area contributed by atoms with Gasteiger partial charge in [-0.25, -0.2) is 0 Å². The highest BCUT2D eigenvalue weighted by Crippen LogP contribution is 2.05. The molecule has 3 N–H and O–H groups in total. The Kier molecular flexibility index (Phi) is 6.57. The summed E-state index contributed by atoms with van der Waals surface area (Å²) in [6, 6.07) is 0.233. The molecule has 98 valence electrons. The van der Waals surface area contributed by atoms with Gasteiger partial charge >= 0.3 is 0 Å². The van der Waals surface area contributed by atoms with E-state index in [9.17, 15) is 9.59 Å². The number of amides is 2. The fourth-order valence-corrected chi connectivity index (χ4v) is 1.65. The van der Waals surface area contributed by atoms with Crippen molar-refractivity contribution in [2.45, 2.75) is 25.3 Å². The van der Waals surface area contributed by atoms with Gasteiger partial charge in [-0.2, -0.15) is 0 Å². The standard InChI is InChI=1S/C11H21N3O3/c1-12-10(15)2-5-13-8-11(16)14-9-3-6-17-7-4-9/h9,13H,2-8H2,1H3,(H,12,15)(H,14,16). The van der Waals surface area contributed by atoms with Gasteiger partial charge in [-0.1, -0.05) is 0 Å². The van der Waals surface area contributed by atoms with Gasteiger partial charge in [-0.3, -0.25) is 9.59 Å². The minimum atomic E-state index is -0.0256. The van der Waals surface area contributed by atoms with E-state index >= 15 is 0 Å². The Balaban J connectivity index is 2.02. The molecule has 0 saturated carbocycles. The molecule has 0 unspecified atom stereocenters. The average Bonchev–Trinajstić information content (AvgIpc) is 2.35. The van der Waals surface area contributed by atoms with E-state index in [1.54, 1.807) is 7.05 Å². The second-order valence-corrected chi connectivity index (χ2v) is 4.05. The van der Waals surface area contributed by atoms with Crippen molar-refractivity contribution in [3.8, 4) is 0 Å². The van der Waals surface area contributed by atoms with Gasteiger partial charge in [0.05, 0.1) is 6.54 Å². The molecule has 6 nitrogen and oxygen atoms in total. The van der Waals surface area contributed by atoms with Gasteiger partial charge in [-0.05, 0) is 12.8 Å². The van der Waals surface area contributed by atoms with Crippen molar-refractivity contribution in [1.29, 1.82) is 0 Å². The molecule has 1 saturated heterocycles. The Morgan fingerprint density at radius 2 is 1.94 bits per heavy atom. The monoisotopic (exact) mass is 243 g/mol. The summed E-state index contributed by atoms with van der Waals surface area (Å²) in [4.78, 5) is 22.4. The summed E-state index contributed by atoms with van der Waals surface area (Å²) in [5, 5.41) is 8.40. The molecular formula is C11H21N3O3. The molecule has 1 aliphatic rings. The molecule has 0 bridgehead atoms. The summed E-state index contributed by atoms with van der Waals surface area (Å²) < 4.78 is 5.21. The second kappa shape index (κ2) is 8.03. The SMILES string of the molecule is CNC(=O)CCNCC(=O)NC1CCOCC1. The summed E-state index contributed by atoms with van der Waals surface area (Å²) in [5.41, 5.74) is 0. The van der Waals surface area contributed by atoms with Crippen molar-refractivity contribution in [3.63, 3.8) is 0 Å². The Morgan fingerprint density at radius 3 is 2.59 bits per heavy atom. The van der Waals surface area contributed by atoms with Crippen molar-refractivity contribution in [2.75, 3.05) is 33.4 Å². The predicted octanol–water partition coefficient (Wildman–Crippen LogP) is -0.993. The number of ether oxygens (including phenoxy) is 1. The summed E-state index contributed by atoms with van der Waals surface area (Å²) in [6.07, 6.45) is 2.15. The van der Waals surface area contributed by atoms with Crippen LogP contribution in [0.25, 0.3) is 0 Å². The maximum Gasteiger partial charge on any atom is 0.234 e. The average molecular weight is 243 g/mol. The zero-order chi connectivity index (χ0) is 12.5. The van der Waals surface area contributed by atoms with Crippen molar-refractivity contribution in [1.82, 2.24) is 16.0 Å². The van der Waals surface area contributed by atoms with E-state index in [2.05, 4.69) is 16.0 Å². The Labute approximate surface area is 101 Å². The highest BCUT2D eigenvalue weighted by Gasteiger charge is 2.15. The van der Waals surface area contributed by atoms with Crippen molar-refractivity contribution >= 4 is 11.8 Å².